The van der Waals surface area contributed by atoms with Gasteiger partial charge in [-0.05, 0) is 29.8 Å². The first-order valence-electron chi connectivity index (χ1n) is 6.79. The maximum absolute atomic E-state index is 12.2. The second-order valence-electron chi connectivity index (χ2n) is 4.98. The van der Waals surface area contributed by atoms with Gasteiger partial charge in [0.05, 0.1) is 24.9 Å². The van der Waals surface area contributed by atoms with Crippen molar-refractivity contribution in [3.8, 4) is 5.75 Å². The van der Waals surface area contributed by atoms with Crippen LogP contribution in [-0.4, -0.2) is 27.1 Å². The predicted octanol–water partition coefficient (Wildman–Crippen LogP) is 2.94. The van der Waals surface area contributed by atoms with Gasteiger partial charge in [-0.25, -0.2) is 0 Å². The number of hydrogen-bond acceptors (Lipinski definition) is 3. The van der Waals surface area contributed by atoms with Crippen molar-refractivity contribution >= 4 is 17.3 Å². The van der Waals surface area contributed by atoms with Crippen LogP contribution in [0.15, 0.2) is 48.5 Å². The van der Waals surface area contributed by atoms with Gasteiger partial charge in [-0.2, -0.15) is 0 Å². The normalized spacial score (nSPS) is 10.0. The minimum Gasteiger partial charge on any atom is -0.497 e. The average Bonchev–Trinajstić information content (AvgIpc) is 2.48. The molecule has 2 rings (SSSR count). The zero-order valence-electron chi connectivity index (χ0n) is 12.6. The van der Waals surface area contributed by atoms with Gasteiger partial charge >= 0.3 is 0 Å². The predicted molar refractivity (Wildman–Crippen MR) is 86.1 cm³/mol. The Bertz CT molecular complexity index is 606. The summed E-state index contributed by atoms with van der Waals surface area (Å²) in [7, 11) is 5.53. The topological polar surface area (TPSA) is 41.6 Å². The minimum atomic E-state index is -0.0329. The molecule has 4 nitrogen and oxygen atoms in total. The Morgan fingerprint density at radius 3 is 2.38 bits per heavy atom. The first kappa shape index (κ1) is 14.9. The fourth-order valence-corrected chi connectivity index (χ4v) is 2.09. The lowest BCUT2D eigenvalue weighted by Crippen LogP contribution is -2.18. The molecule has 0 aliphatic heterocycles. The van der Waals surface area contributed by atoms with Crippen molar-refractivity contribution in [3.05, 3.63) is 54.1 Å². The van der Waals surface area contributed by atoms with Gasteiger partial charge in [0.25, 0.3) is 0 Å². The molecule has 0 radical (unpaired) electrons. The molecule has 0 bridgehead atoms. The summed E-state index contributed by atoms with van der Waals surface area (Å²) < 4.78 is 5.11. The number of ether oxygens (including phenoxy) is 1. The maximum Gasteiger partial charge on any atom is 0.228 e. The Balaban J connectivity index is 2.04. The van der Waals surface area contributed by atoms with E-state index in [4.69, 9.17) is 4.74 Å². The number of carbonyl (C=O) groups excluding carboxylic acids is 1. The summed E-state index contributed by atoms with van der Waals surface area (Å²) in [6.07, 6.45) is 0.339. The molecule has 0 atom stereocenters. The number of benzene rings is 2. The van der Waals surface area contributed by atoms with E-state index in [2.05, 4.69) is 5.32 Å². The van der Waals surface area contributed by atoms with Crippen LogP contribution < -0.4 is 15.0 Å². The lowest BCUT2D eigenvalue weighted by Gasteiger charge is -2.17. The van der Waals surface area contributed by atoms with E-state index < -0.39 is 0 Å². The van der Waals surface area contributed by atoms with Gasteiger partial charge in [0, 0.05) is 14.1 Å². The van der Waals surface area contributed by atoms with Crippen LogP contribution in [0.25, 0.3) is 0 Å². The molecule has 0 heterocycles. The van der Waals surface area contributed by atoms with E-state index in [9.17, 15) is 4.79 Å². The van der Waals surface area contributed by atoms with Crippen molar-refractivity contribution in [1.82, 2.24) is 0 Å². The average molecular weight is 284 g/mol. The van der Waals surface area contributed by atoms with E-state index in [-0.39, 0.29) is 5.91 Å². The second kappa shape index (κ2) is 6.79. The van der Waals surface area contributed by atoms with Crippen molar-refractivity contribution in [2.45, 2.75) is 6.42 Å². The first-order chi connectivity index (χ1) is 10.1. The quantitative estimate of drug-likeness (QED) is 0.918. The van der Waals surface area contributed by atoms with Crippen molar-refractivity contribution in [2.75, 3.05) is 31.4 Å². The zero-order chi connectivity index (χ0) is 15.2. The summed E-state index contributed by atoms with van der Waals surface area (Å²) in [6.45, 7) is 0. The Kier molecular flexibility index (Phi) is 4.82. The third-order valence-electron chi connectivity index (χ3n) is 3.18. The highest BCUT2D eigenvalue weighted by Crippen LogP contribution is 2.23. The Labute approximate surface area is 125 Å². The molecule has 21 heavy (non-hydrogen) atoms. The molecule has 0 aliphatic carbocycles. The lowest BCUT2D eigenvalue weighted by atomic mass is 10.1. The van der Waals surface area contributed by atoms with E-state index >= 15 is 0 Å². The number of amides is 1. The third kappa shape index (κ3) is 3.99. The van der Waals surface area contributed by atoms with Crippen LogP contribution in [0, 0.1) is 0 Å². The summed E-state index contributed by atoms with van der Waals surface area (Å²) in [6, 6.07) is 15.3. The van der Waals surface area contributed by atoms with Crippen LogP contribution in [0.5, 0.6) is 5.75 Å². The van der Waals surface area contributed by atoms with Crippen LogP contribution in [0.1, 0.15) is 5.56 Å². The van der Waals surface area contributed by atoms with E-state index in [0.717, 1.165) is 22.7 Å². The minimum absolute atomic E-state index is 0.0329. The van der Waals surface area contributed by atoms with E-state index in [0.29, 0.717) is 6.42 Å². The molecule has 110 valence electrons. The molecule has 1 N–H and O–H groups in total. The molecule has 1 amide bonds. The molecule has 0 fully saturated rings. The molecule has 0 saturated carbocycles. The number of carbonyl (C=O) groups is 1. The summed E-state index contributed by atoms with van der Waals surface area (Å²) in [5, 5.41) is 2.96. The monoisotopic (exact) mass is 284 g/mol. The largest absolute Gasteiger partial charge is 0.497 e. The Morgan fingerprint density at radius 1 is 1.10 bits per heavy atom. The van der Waals surface area contributed by atoms with Crippen molar-refractivity contribution < 1.29 is 9.53 Å². The molecule has 4 heteroatoms. The highest BCUT2D eigenvalue weighted by atomic mass is 16.5. The lowest BCUT2D eigenvalue weighted by molar-refractivity contribution is -0.115. The summed E-state index contributed by atoms with van der Waals surface area (Å²) in [5.41, 5.74) is 2.76. The summed E-state index contributed by atoms with van der Waals surface area (Å²) in [5.74, 6) is 0.756. The van der Waals surface area contributed by atoms with Gasteiger partial charge < -0.3 is 15.0 Å². The molecular weight excluding hydrogens is 264 g/mol. The number of nitrogens with one attached hydrogen (secondary N) is 1. The van der Waals surface area contributed by atoms with Crippen LogP contribution in [0.4, 0.5) is 11.4 Å². The summed E-state index contributed by atoms with van der Waals surface area (Å²) >= 11 is 0. The molecule has 2 aromatic rings. The Morgan fingerprint density at radius 2 is 1.76 bits per heavy atom. The van der Waals surface area contributed by atoms with E-state index in [1.165, 1.54) is 0 Å². The molecule has 2 aromatic carbocycles. The van der Waals surface area contributed by atoms with Crippen LogP contribution >= 0.6 is 0 Å². The van der Waals surface area contributed by atoms with E-state index in [1.54, 1.807) is 7.11 Å². The van der Waals surface area contributed by atoms with Crippen LogP contribution in [0.2, 0.25) is 0 Å². The number of anilines is 2. The van der Waals surface area contributed by atoms with Crippen molar-refractivity contribution in [1.29, 1.82) is 0 Å². The first-order valence-corrected chi connectivity index (χ1v) is 6.79. The smallest absolute Gasteiger partial charge is 0.228 e. The molecule has 0 spiro atoms. The summed E-state index contributed by atoms with van der Waals surface area (Å²) in [4.78, 5) is 14.1. The van der Waals surface area contributed by atoms with Gasteiger partial charge in [-0.15, -0.1) is 0 Å². The molecule has 0 unspecified atom stereocenters. The Hall–Kier alpha value is -2.49. The van der Waals surface area contributed by atoms with Gasteiger partial charge in [0.1, 0.15) is 5.75 Å². The van der Waals surface area contributed by atoms with Gasteiger partial charge in [0.2, 0.25) is 5.91 Å². The van der Waals surface area contributed by atoms with Crippen molar-refractivity contribution in [2.24, 2.45) is 0 Å². The third-order valence-corrected chi connectivity index (χ3v) is 3.18. The molecule has 0 aliphatic rings. The van der Waals surface area contributed by atoms with Crippen LogP contribution in [-0.2, 0) is 11.2 Å². The highest BCUT2D eigenvalue weighted by Gasteiger charge is 2.08. The SMILES string of the molecule is COc1ccc(CC(=O)Nc2ccccc2N(C)C)cc1. The molecule has 0 aromatic heterocycles. The number of methoxy groups -OCH3 is 1. The number of para-hydroxylation sites is 2. The standard InChI is InChI=1S/C17H20N2O2/c1-19(2)16-7-5-4-6-15(16)18-17(20)12-13-8-10-14(21-3)11-9-13/h4-11H,12H2,1-3H3,(H,18,20). The fraction of sp³-hybridized carbons (Fsp3) is 0.235. The second-order valence-corrected chi connectivity index (χ2v) is 4.98. The fourth-order valence-electron chi connectivity index (χ4n) is 2.09. The number of hydrogen-bond donors (Lipinski definition) is 1. The zero-order valence-corrected chi connectivity index (χ0v) is 12.6. The number of rotatable bonds is 5. The van der Waals surface area contributed by atoms with E-state index in [1.807, 2.05) is 67.5 Å². The van der Waals surface area contributed by atoms with Gasteiger partial charge in [-0.1, -0.05) is 24.3 Å². The highest BCUT2D eigenvalue weighted by molar-refractivity contribution is 5.95. The van der Waals surface area contributed by atoms with Gasteiger partial charge in [-0.3, -0.25) is 4.79 Å². The maximum atomic E-state index is 12.2. The molecular formula is C17H20N2O2. The van der Waals surface area contributed by atoms with Crippen LogP contribution in [0.3, 0.4) is 0 Å². The van der Waals surface area contributed by atoms with Gasteiger partial charge in [0.15, 0.2) is 0 Å². The number of nitrogens with zero attached hydrogens (tertiary/aromatic N) is 1. The molecule has 0 saturated heterocycles. The van der Waals surface area contributed by atoms with Crippen molar-refractivity contribution in [3.63, 3.8) is 0 Å².